The smallest absolute Gasteiger partial charge is 0.306 e. The highest BCUT2D eigenvalue weighted by Gasteiger charge is 2.15. The van der Waals surface area contributed by atoms with Gasteiger partial charge in [-0.15, -0.1) is 10.1 Å². The van der Waals surface area contributed by atoms with Crippen LogP contribution in [0.5, 0.6) is 0 Å². The number of nitrogens with zero attached hydrogens (tertiary/aromatic N) is 2. The Morgan fingerprint density at radius 1 is 1.60 bits per heavy atom. The molecule has 0 radical (unpaired) electrons. The van der Waals surface area contributed by atoms with Gasteiger partial charge in [-0.3, -0.25) is 4.89 Å². The molecular formula is C8H14N2O5. The van der Waals surface area contributed by atoms with Gasteiger partial charge in [0.15, 0.2) is 0 Å². The molecule has 0 aromatic carbocycles. The number of rotatable bonds is 6. The summed E-state index contributed by atoms with van der Waals surface area (Å²) < 4.78 is 0. The minimum absolute atomic E-state index is 0.0839. The van der Waals surface area contributed by atoms with Crippen LogP contribution in [0.1, 0.15) is 13.3 Å². The predicted octanol–water partition coefficient (Wildman–Crippen LogP) is 0.549. The van der Waals surface area contributed by atoms with E-state index in [2.05, 4.69) is 16.5 Å². The van der Waals surface area contributed by atoms with E-state index in [1.807, 2.05) is 25.9 Å². The number of carbonyl (C=O) groups excluding carboxylic acids is 1. The normalized spacial score (nSPS) is 12.0. The fourth-order valence-corrected chi connectivity index (χ4v) is 0.746. The summed E-state index contributed by atoms with van der Waals surface area (Å²) in [5, 5.41) is 8.52. The van der Waals surface area contributed by atoms with Crippen molar-refractivity contribution in [3.8, 4) is 0 Å². The zero-order valence-corrected chi connectivity index (χ0v) is 8.93. The standard InChI is InChI=1S/C8H14N2O5/c1-6(5-7(2)9(3)4)8(11)14-15-10(12)13/h7H,1,5H2,2-4H3. The van der Waals surface area contributed by atoms with Gasteiger partial charge in [-0.2, -0.15) is 0 Å². The first-order valence-corrected chi connectivity index (χ1v) is 4.22. The molecule has 7 heteroatoms. The number of hydrogen-bond donors (Lipinski definition) is 0. The van der Waals surface area contributed by atoms with Crippen LogP contribution in [-0.2, 0) is 14.7 Å². The van der Waals surface area contributed by atoms with E-state index in [-0.39, 0.29) is 11.6 Å². The summed E-state index contributed by atoms with van der Waals surface area (Å²) in [6.07, 6.45) is 0.354. The zero-order chi connectivity index (χ0) is 12.0. The van der Waals surface area contributed by atoms with Crippen LogP contribution in [0.25, 0.3) is 0 Å². The van der Waals surface area contributed by atoms with Gasteiger partial charge in [-0.25, -0.2) is 4.79 Å². The third kappa shape index (κ3) is 5.63. The van der Waals surface area contributed by atoms with Crippen molar-refractivity contribution in [3.05, 3.63) is 22.3 Å². The molecule has 0 amide bonds. The van der Waals surface area contributed by atoms with E-state index in [4.69, 9.17) is 0 Å². The minimum atomic E-state index is -1.21. The van der Waals surface area contributed by atoms with Gasteiger partial charge < -0.3 is 4.90 Å². The van der Waals surface area contributed by atoms with E-state index in [0.717, 1.165) is 0 Å². The van der Waals surface area contributed by atoms with E-state index < -0.39 is 11.1 Å². The van der Waals surface area contributed by atoms with E-state index in [1.165, 1.54) is 0 Å². The maximum atomic E-state index is 11.0. The van der Waals surface area contributed by atoms with Crippen LogP contribution in [0.3, 0.4) is 0 Å². The zero-order valence-electron chi connectivity index (χ0n) is 8.93. The van der Waals surface area contributed by atoms with Crippen molar-refractivity contribution < 1.29 is 19.8 Å². The van der Waals surface area contributed by atoms with Crippen molar-refractivity contribution in [1.29, 1.82) is 0 Å². The molecule has 0 fully saturated rings. The molecule has 0 aliphatic heterocycles. The molecule has 0 saturated heterocycles. The van der Waals surface area contributed by atoms with E-state index in [1.54, 1.807) is 0 Å². The Kier molecular flexibility index (Phi) is 5.32. The molecule has 0 rings (SSSR count). The Labute approximate surface area is 87.3 Å². The molecule has 0 N–H and O–H groups in total. The Balaban J connectivity index is 4.00. The molecule has 86 valence electrons. The molecule has 0 bridgehead atoms. The summed E-state index contributed by atoms with van der Waals surface area (Å²) in [7, 11) is 3.69. The summed E-state index contributed by atoms with van der Waals surface area (Å²) in [5.74, 6) is -0.930. The molecule has 0 aromatic heterocycles. The molecule has 0 heterocycles. The van der Waals surface area contributed by atoms with Gasteiger partial charge >= 0.3 is 11.1 Å². The fourth-order valence-electron chi connectivity index (χ4n) is 0.746. The predicted molar refractivity (Wildman–Crippen MR) is 51.1 cm³/mol. The van der Waals surface area contributed by atoms with E-state index in [9.17, 15) is 14.9 Å². The summed E-state index contributed by atoms with van der Waals surface area (Å²) in [5.41, 5.74) is 0.123. The molecule has 0 saturated carbocycles. The number of hydrogen-bond acceptors (Lipinski definition) is 6. The van der Waals surface area contributed by atoms with Crippen molar-refractivity contribution in [3.63, 3.8) is 0 Å². The highest BCUT2D eigenvalue weighted by molar-refractivity contribution is 5.87. The van der Waals surface area contributed by atoms with Gasteiger partial charge in [0.05, 0.1) is 0 Å². The highest BCUT2D eigenvalue weighted by Crippen LogP contribution is 2.08. The van der Waals surface area contributed by atoms with Crippen molar-refractivity contribution in [2.75, 3.05) is 14.1 Å². The lowest BCUT2D eigenvalue weighted by molar-refractivity contribution is -0.839. The lowest BCUT2D eigenvalue weighted by Crippen LogP contribution is -2.26. The van der Waals surface area contributed by atoms with Gasteiger partial charge in [-0.05, 0) is 27.4 Å². The second-order valence-corrected chi connectivity index (χ2v) is 3.29. The Morgan fingerprint density at radius 2 is 2.13 bits per heavy atom. The average Bonchev–Trinajstić information content (AvgIpc) is 2.13. The molecule has 0 aliphatic rings. The first-order valence-electron chi connectivity index (χ1n) is 4.22. The third-order valence-corrected chi connectivity index (χ3v) is 1.89. The summed E-state index contributed by atoms with van der Waals surface area (Å²) in [6.45, 7) is 5.33. The molecule has 1 atom stereocenters. The summed E-state index contributed by atoms with van der Waals surface area (Å²) in [4.78, 5) is 30.0. The molecule has 0 spiro atoms. The molecule has 0 aromatic rings. The average molecular weight is 218 g/mol. The fraction of sp³-hybridized carbons (Fsp3) is 0.625. The van der Waals surface area contributed by atoms with Crippen LogP contribution in [0.2, 0.25) is 0 Å². The quantitative estimate of drug-likeness (QED) is 0.280. The lowest BCUT2D eigenvalue weighted by Gasteiger charge is -2.19. The molecule has 15 heavy (non-hydrogen) atoms. The van der Waals surface area contributed by atoms with Crippen LogP contribution >= 0.6 is 0 Å². The van der Waals surface area contributed by atoms with Crippen molar-refractivity contribution >= 4 is 5.97 Å². The van der Waals surface area contributed by atoms with Crippen molar-refractivity contribution in [2.45, 2.75) is 19.4 Å². The maximum absolute atomic E-state index is 11.0. The van der Waals surface area contributed by atoms with Gasteiger partial charge in [0.25, 0.3) is 0 Å². The lowest BCUT2D eigenvalue weighted by atomic mass is 10.1. The summed E-state index contributed by atoms with van der Waals surface area (Å²) in [6, 6.07) is 0.0839. The Morgan fingerprint density at radius 3 is 2.53 bits per heavy atom. The topological polar surface area (TPSA) is 81.9 Å². The molecular weight excluding hydrogens is 204 g/mol. The molecule has 1 unspecified atom stereocenters. The summed E-state index contributed by atoms with van der Waals surface area (Å²) >= 11 is 0. The van der Waals surface area contributed by atoms with Crippen molar-refractivity contribution in [2.24, 2.45) is 0 Å². The Hall–Kier alpha value is -1.63. The van der Waals surface area contributed by atoms with Gasteiger partial charge in [-0.1, -0.05) is 11.6 Å². The van der Waals surface area contributed by atoms with Crippen LogP contribution in [-0.4, -0.2) is 36.1 Å². The van der Waals surface area contributed by atoms with Crippen LogP contribution < -0.4 is 0 Å². The van der Waals surface area contributed by atoms with Gasteiger partial charge in [0.1, 0.15) is 0 Å². The van der Waals surface area contributed by atoms with Crippen LogP contribution in [0.4, 0.5) is 0 Å². The van der Waals surface area contributed by atoms with Crippen LogP contribution in [0.15, 0.2) is 12.2 Å². The van der Waals surface area contributed by atoms with Crippen molar-refractivity contribution in [1.82, 2.24) is 4.90 Å². The number of carbonyl (C=O) groups is 1. The maximum Gasteiger partial charge on any atom is 0.369 e. The SMILES string of the molecule is C=C(CC(C)N(C)C)C(=O)OO[N+](=O)[O-]. The molecule has 7 nitrogen and oxygen atoms in total. The van der Waals surface area contributed by atoms with E-state index in [0.29, 0.717) is 6.42 Å². The Bertz CT molecular complexity index is 264. The first-order chi connectivity index (χ1) is 6.84. The molecule has 0 aliphatic carbocycles. The van der Waals surface area contributed by atoms with Crippen LogP contribution in [0, 0.1) is 10.1 Å². The monoisotopic (exact) mass is 218 g/mol. The second kappa shape index (κ2) is 5.97. The van der Waals surface area contributed by atoms with E-state index >= 15 is 0 Å². The second-order valence-electron chi connectivity index (χ2n) is 3.29. The van der Waals surface area contributed by atoms with Gasteiger partial charge in [0, 0.05) is 11.6 Å². The minimum Gasteiger partial charge on any atom is -0.306 e. The highest BCUT2D eigenvalue weighted by atomic mass is 17.3. The first kappa shape index (κ1) is 13.4. The third-order valence-electron chi connectivity index (χ3n) is 1.89. The van der Waals surface area contributed by atoms with Gasteiger partial charge in [0.2, 0.25) is 0 Å². The largest absolute Gasteiger partial charge is 0.369 e.